The van der Waals surface area contributed by atoms with Gasteiger partial charge in [-0.1, -0.05) is 6.07 Å². The van der Waals surface area contributed by atoms with Crippen LogP contribution < -0.4 is 5.32 Å². The first-order valence-corrected chi connectivity index (χ1v) is 4.21. The third kappa shape index (κ3) is 3.14. The van der Waals surface area contributed by atoms with Crippen molar-refractivity contribution in [3.8, 4) is 6.07 Å². The summed E-state index contributed by atoms with van der Waals surface area (Å²) in [5.41, 5.74) is 1.57. The maximum atomic E-state index is 8.62. The van der Waals surface area contributed by atoms with Crippen LogP contribution in [0.15, 0.2) is 24.3 Å². The van der Waals surface area contributed by atoms with E-state index >= 15 is 0 Å². The fourth-order valence-corrected chi connectivity index (χ4v) is 1.01. The number of hydrogen-bond donors (Lipinski definition) is 2. The molecular weight excluding hydrogens is 164 g/mol. The summed E-state index contributed by atoms with van der Waals surface area (Å²) in [7, 11) is 0. The molecule has 1 rings (SSSR count). The molecular formula is C10H12N2O. The van der Waals surface area contributed by atoms with Gasteiger partial charge in [0.25, 0.3) is 0 Å². The summed E-state index contributed by atoms with van der Waals surface area (Å²) >= 11 is 0. The predicted octanol–water partition coefficient (Wildman–Crippen LogP) is 1.35. The lowest BCUT2D eigenvalue weighted by Gasteiger charge is -2.04. The number of nitriles is 1. The van der Waals surface area contributed by atoms with Crippen molar-refractivity contribution >= 4 is 5.69 Å². The van der Waals surface area contributed by atoms with Crippen molar-refractivity contribution in [1.82, 2.24) is 0 Å². The zero-order valence-electron chi connectivity index (χ0n) is 7.33. The molecule has 0 bridgehead atoms. The van der Waals surface area contributed by atoms with Crippen LogP contribution in [-0.4, -0.2) is 18.3 Å². The second-order valence-corrected chi connectivity index (χ2v) is 2.70. The molecule has 13 heavy (non-hydrogen) atoms. The molecule has 0 radical (unpaired) electrons. The standard InChI is InChI=1S/C10H12N2O/c11-8-9-3-1-4-10(7-9)12-5-2-6-13/h1,3-4,7,12-13H,2,5-6H2. The van der Waals surface area contributed by atoms with Gasteiger partial charge in [-0.3, -0.25) is 0 Å². The molecule has 0 amide bonds. The zero-order valence-corrected chi connectivity index (χ0v) is 7.33. The van der Waals surface area contributed by atoms with Gasteiger partial charge in [0.2, 0.25) is 0 Å². The molecule has 3 nitrogen and oxygen atoms in total. The van der Waals surface area contributed by atoms with Gasteiger partial charge >= 0.3 is 0 Å². The smallest absolute Gasteiger partial charge is 0.0992 e. The first-order valence-electron chi connectivity index (χ1n) is 4.21. The quantitative estimate of drug-likeness (QED) is 0.681. The van der Waals surface area contributed by atoms with Gasteiger partial charge in [-0.15, -0.1) is 0 Å². The number of nitrogens with one attached hydrogen (secondary N) is 1. The number of benzene rings is 1. The Morgan fingerprint density at radius 3 is 3.00 bits per heavy atom. The van der Waals surface area contributed by atoms with Crippen LogP contribution in [0.25, 0.3) is 0 Å². The highest BCUT2D eigenvalue weighted by atomic mass is 16.3. The topological polar surface area (TPSA) is 56.0 Å². The van der Waals surface area contributed by atoms with Gasteiger partial charge in [0.1, 0.15) is 0 Å². The second-order valence-electron chi connectivity index (χ2n) is 2.70. The molecule has 0 aromatic heterocycles. The molecule has 1 aromatic carbocycles. The Bertz CT molecular complexity index is 304. The number of rotatable bonds is 4. The van der Waals surface area contributed by atoms with Crippen molar-refractivity contribution in [3.05, 3.63) is 29.8 Å². The van der Waals surface area contributed by atoms with E-state index in [4.69, 9.17) is 10.4 Å². The average molecular weight is 176 g/mol. The van der Waals surface area contributed by atoms with E-state index in [0.717, 1.165) is 18.7 Å². The number of nitrogens with zero attached hydrogens (tertiary/aromatic N) is 1. The van der Waals surface area contributed by atoms with E-state index in [1.54, 1.807) is 12.1 Å². The highest BCUT2D eigenvalue weighted by Gasteiger charge is 1.92. The molecule has 0 spiro atoms. The molecule has 2 N–H and O–H groups in total. The van der Waals surface area contributed by atoms with Crippen LogP contribution >= 0.6 is 0 Å². The van der Waals surface area contributed by atoms with Crippen molar-refractivity contribution < 1.29 is 5.11 Å². The van der Waals surface area contributed by atoms with E-state index in [1.165, 1.54) is 0 Å². The summed E-state index contributed by atoms with van der Waals surface area (Å²) in [6.07, 6.45) is 0.719. The maximum Gasteiger partial charge on any atom is 0.0992 e. The normalized spacial score (nSPS) is 9.23. The lowest BCUT2D eigenvalue weighted by atomic mass is 10.2. The van der Waals surface area contributed by atoms with Crippen LogP contribution in [0.5, 0.6) is 0 Å². The Morgan fingerprint density at radius 1 is 1.46 bits per heavy atom. The summed E-state index contributed by atoms with van der Waals surface area (Å²) < 4.78 is 0. The van der Waals surface area contributed by atoms with Gasteiger partial charge in [0.15, 0.2) is 0 Å². The van der Waals surface area contributed by atoms with Gasteiger partial charge in [-0.05, 0) is 24.6 Å². The van der Waals surface area contributed by atoms with Gasteiger partial charge in [-0.2, -0.15) is 5.26 Å². The minimum absolute atomic E-state index is 0.185. The van der Waals surface area contributed by atoms with Gasteiger partial charge < -0.3 is 10.4 Å². The van der Waals surface area contributed by atoms with Gasteiger partial charge in [-0.25, -0.2) is 0 Å². The summed E-state index contributed by atoms with van der Waals surface area (Å²) in [5.74, 6) is 0. The number of aliphatic hydroxyl groups is 1. The second kappa shape index (κ2) is 5.18. The van der Waals surface area contributed by atoms with Crippen LogP contribution in [0.3, 0.4) is 0 Å². The molecule has 1 aromatic rings. The molecule has 0 saturated heterocycles. The minimum atomic E-state index is 0.185. The third-order valence-electron chi connectivity index (χ3n) is 1.66. The van der Waals surface area contributed by atoms with Crippen LogP contribution in [-0.2, 0) is 0 Å². The van der Waals surface area contributed by atoms with Crippen LogP contribution in [0.2, 0.25) is 0 Å². The molecule has 3 heteroatoms. The fraction of sp³-hybridized carbons (Fsp3) is 0.300. The van der Waals surface area contributed by atoms with Crippen molar-refractivity contribution in [1.29, 1.82) is 5.26 Å². The first kappa shape index (κ1) is 9.56. The molecule has 68 valence electrons. The number of aliphatic hydroxyl groups excluding tert-OH is 1. The summed E-state index contributed by atoms with van der Waals surface area (Å²) in [5, 5.41) is 20.3. The number of anilines is 1. The predicted molar refractivity (Wildman–Crippen MR) is 51.3 cm³/mol. The third-order valence-corrected chi connectivity index (χ3v) is 1.66. The number of hydrogen-bond acceptors (Lipinski definition) is 3. The SMILES string of the molecule is N#Cc1cccc(NCCCO)c1. The largest absolute Gasteiger partial charge is 0.396 e. The van der Waals surface area contributed by atoms with Crippen LogP contribution in [0.4, 0.5) is 5.69 Å². The van der Waals surface area contributed by atoms with Crippen molar-refractivity contribution in [3.63, 3.8) is 0 Å². The molecule has 0 aliphatic heterocycles. The van der Waals surface area contributed by atoms with E-state index in [9.17, 15) is 0 Å². The Morgan fingerprint density at radius 2 is 2.31 bits per heavy atom. The van der Waals surface area contributed by atoms with Crippen molar-refractivity contribution in [2.75, 3.05) is 18.5 Å². The van der Waals surface area contributed by atoms with E-state index in [-0.39, 0.29) is 6.61 Å². The molecule has 0 heterocycles. The van der Waals surface area contributed by atoms with E-state index in [1.807, 2.05) is 12.1 Å². The molecule has 0 aliphatic rings. The lowest BCUT2D eigenvalue weighted by Crippen LogP contribution is -2.03. The molecule has 0 saturated carbocycles. The Hall–Kier alpha value is -1.53. The lowest BCUT2D eigenvalue weighted by molar-refractivity contribution is 0.292. The highest BCUT2D eigenvalue weighted by Crippen LogP contribution is 2.09. The summed E-state index contributed by atoms with van der Waals surface area (Å²) in [4.78, 5) is 0. The Balaban J connectivity index is 2.52. The summed E-state index contributed by atoms with van der Waals surface area (Å²) in [6, 6.07) is 9.35. The minimum Gasteiger partial charge on any atom is -0.396 e. The average Bonchev–Trinajstić information content (AvgIpc) is 2.19. The maximum absolute atomic E-state index is 8.62. The highest BCUT2D eigenvalue weighted by molar-refractivity contribution is 5.48. The van der Waals surface area contributed by atoms with Crippen LogP contribution in [0.1, 0.15) is 12.0 Å². The van der Waals surface area contributed by atoms with Gasteiger partial charge in [0.05, 0.1) is 11.6 Å². The van der Waals surface area contributed by atoms with Crippen molar-refractivity contribution in [2.45, 2.75) is 6.42 Å². The van der Waals surface area contributed by atoms with Crippen molar-refractivity contribution in [2.24, 2.45) is 0 Å². The van der Waals surface area contributed by atoms with Gasteiger partial charge in [0, 0.05) is 18.8 Å². The Labute approximate surface area is 77.6 Å². The van der Waals surface area contributed by atoms with E-state index < -0.39 is 0 Å². The zero-order chi connectivity index (χ0) is 9.52. The molecule has 0 fully saturated rings. The van der Waals surface area contributed by atoms with E-state index in [0.29, 0.717) is 5.56 Å². The Kier molecular flexibility index (Phi) is 3.80. The first-order chi connectivity index (χ1) is 6.36. The molecule has 0 atom stereocenters. The monoisotopic (exact) mass is 176 g/mol. The van der Waals surface area contributed by atoms with E-state index in [2.05, 4.69) is 11.4 Å². The van der Waals surface area contributed by atoms with Crippen LogP contribution in [0, 0.1) is 11.3 Å². The molecule has 0 aliphatic carbocycles. The summed E-state index contributed by atoms with van der Waals surface area (Å²) in [6.45, 7) is 0.913. The molecule has 0 unspecified atom stereocenters. The fourth-order valence-electron chi connectivity index (χ4n) is 1.01.